The van der Waals surface area contributed by atoms with Crippen LogP contribution in [0.2, 0.25) is 5.02 Å². The second-order valence-electron chi connectivity index (χ2n) is 9.34. The summed E-state index contributed by atoms with van der Waals surface area (Å²) in [6.07, 6.45) is 3.65. The number of hydrogen-bond donors (Lipinski definition) is 1. The standard InChI is InChI=1S/C29H34ClN3O6S/c1-37-26-13-9-22(30)17-25(26)33(40(35,36)24-12-14-27(38-2)28(18-24)39-3)20-29(34)31-19-21-7-10-23(11-8-21)32-15-5-4-6-16-32/h7-14,17-18H,4-6,15-16,19-20H2,1-3H3,(H,31,34). The average Bonchev–Trinajstić information content (AvgIpc) is 2.99. The highest BCUT2D eigenvalue weighted by Crippen LogP contribution is 2.37. The van der Waals surface area contributed by atoms with Crippen molar-refractivity contribution in [2.24, 2.45) is 0 Å². The number of benzene rings is 3. The molecular weight excluding hydrogens is 554 g/mol. The second kappa shape index (κ2) is 13.1. The van der Waals surface area contributed by atoms with Crippen molar-refractivity contribution < 1.29 is 27.4 Å². The van der Waals surface area contributed by atoms with Crippen LogP contribution in [0.15, 0.2) is 65.6 Å². The molecule has 0 atom stereocenters. The molecule has 0 aromatic heterocycles. The highest BCUT2D eigenvalue weighted by atomic mass is 35.5. The van der Waals surface area contributed by atoms with E-state index in [4.69, 9.17) is 25.8 Å². The number of methoxy groups -OCH3 is 3. The monoisotopic (exact) mass is 587 g/mol. The third-order valence-corrected chi connectivity index (χ3v) is 8.78. The molecule has 3 aromatic carbocycles. The maximum absolute atomic E-state index is 13.9. The van der Waals surface area contributed by atoms with Gasteiger partial charge in [0.2, 0.25) is 5.91 Å². The number of nitrogens with one attached hydrogen (secondary N) is 1. The lowest BCUT2D eigenvalue weighted by molar-refractivity contribution is -0.119. The molecule has 0 spiro atoms. The molecule has 214 valence electrons. The Hall–Kier alpha value is -3.63. The van der Waals surface area contributed by atoms with Crippen molar-refractivity contribution in [3.8, 4) is 17.2 Å². The number of sulfonamides is 1. The number of anilines is 2. The zero-order valence-corrected chi connectivity index (χ0v) is 24.4. The summed E-state index contributed by atoms with van der Waals surface area (Å²) in [4.78, 5) is 15.4. The molecular formula is C29H34ClN3O6S. The van der Waals surface area contributed by atoms with Crippen molar-refractivity contribution in [2.75, 3.05) is 50.2 Å². The van der Waals surface area contributed by atoms with Gasteiger partial charge in [-0.1, -0.05) is 23.7 Å². The number of carbonyl (C=O) groups is 1. The topological polar surface area (TPSA) is 97.4 Å². The summed E-state index contributed by atoms with van der Waals surface area (Å²) in [5.41, 5.74) is 2.20. The van der Waals surface area contributed by atoms with Gasteiger partial charge >= 0.3 is 0 Å². The Morgan fingerprint density at radius 1 is 0.875 bits per heavy atom. The molecule has 1 N–H and O–H groups in total. The van der Waals surface area contributed by atoms with E-state index in [2.05, 4.69) is 22.3 Å². The van der Waals surface area contributed by atoms with Crippen molar-refractivity contribution in [3.05, 3.63) is 71.2 Å². The van der Waals surface area contributed by atoms with Crippen molar-refractivity contribution in [3.63, 3.8) is 0 Å². The Balaban J connectivity index is 1.57. The van der Waals surface area contributed by atoms with Crippen LogP contribution in [0.3, 0.4) is 0 Å². The maximum atomic E-state index is 13.9. The van der Waals surface area contributed by atoms with Gasteiger partial charge in [-0.15, -0.1) is 0 Å². The molecule has 1 aliphatic heterocycles. The number of amides is 1. The molecule has 0 unspecified atom stereocenters. The largest absolute Gasteiger partial charge is 0.495 e. The Bertz CT molecular complexity index is 1430. The zero-order valence-electron chi connectivity index (χ0n) is 22.9. The van der Waals surface area contributed by atoms with Crippen molar-refractivity contribution in [1.29, 1.82) is 0 Å². The van der Waals surface area contributed by atoms with Gasteiger partial charge in [-0.3, -0.25) is 9.10 Å². The lowest BCUT2D eigenvalue weighted by Crippen LogP contribution is -2.41. The lowest BCUT2D eigenvalue weighted by Gasteiger charge is -2.29. The van der Waals surface area contributed by atoms with Gasteiger partial charge in [-0.2, -0.15) is 0 Å². The van der Waals surface area contributed by atoms with Crippen LogP contribution in [-0.2, 0) is 21.4 Å². The molecule has 0 radical (unpaired) electrons. The first-order chi connectivity index (χ1) is 19.3. The Kier molecular flexibility index (Phi) is 9.65. The molecule has 1 aliphatic rings. The van der Waals surface area contributed by atoms with Crippen LogP contribution >= 0.6 is 11.6 Å². The van der Waals surface area contributed by atoms with E-state index in [-0.39, 0.29) is 33.6 Å². The number of rotatable bonds is 11. The fraction of sp³-hybridized carbons (Fsp3) is 0.345. The van der Waals surface area contributed by atoms with E-state index >= 15 is 0 Å². The van der Waals surface area contributed by atoms with Gasteiger partial charge in [0.25, 0.3) is 10.0 Å². The summed E-state index contributed by atoms with van der Waals surface area (Å²) in [6.45, 7) is 1.84. The van der Waals surface area contributed by atoms with Gasteiger partial charge in [0.1, 0.15) is 12.3 Å². The molecule has 1 heterocycles. The zero-order chi connectivity index (χ0) is 28.7. The summed E-state index contributed by atoms with van der Waals surface area (Å²) in [7, 11) is 0.0281. The minimum absolute atomic E-state index is 0.0896. The number of halogens is 1. The molecule has 9 nitrogen and oxygen atoms in total. The summed E-state index contributed by atoms with van der Waals surface area (Å²) >= 11 is 6.23. The van der Waals surface area contributed by atoms with Gasteiger partial charge in [0, 0.05) is 36.4 Å². The fourth-order valence-electron chi connectivity index (χ4n) is 4.63. The molecule has 0 aliphatic carbocycles. The molecule has 40 heavy (non-hydrogen) atoms. The van der Waals surface area contributed by atoms with Crippen molar-refractivity contribution in [1.82, 2.24) is 5.32 Å². The molecule has 0 bridgehead atoms. The molecule has 4 rings (SSSR count). The van der Waals surface area contributed by atoms with Crippen LogP contribution in [0, 0.1) is 0 Å². The van der Waals surface area contributed by atoms with E-state index < -0.39 is 22.5 Å². The smallest absolute Gasteiger partial charge is 0.265 e. The van der Waals surface area contributed by atoms with Crippen LogP contribution in [0.25, 0.3) is 0 Å². The molecule has 3 aromatic rings. The minimum Gasteiger partial charge on any atom is -0.495 e. The normalized spacial score (nSPS) is 13.4. The first-order valence-corrected chi connectivity index (χ1v) is 14.8. The first-order valence-electron chi connectivity index (χ1n) is 13.0. The van der Waals surface area contributed by atoms with Gasteiger partial charge in [0.05, 0.1) is 31.9 Å². The molecule has 1 saturated heterocycles. The summed E-state index contributed by atoms with van der Waals surface area (Å²) in [6, 6.07) is 16.9. The molecule has 0 saturated carbocycles. The van der Waals surface area contributed by atoms with Crippen LogP contribution in [0.4, 0.5) is 11.4 Å². The van der Waals surface area contributed by atoms with E-state index in [0.29, 0.717) is 5.75 Å². The Labute approximate surface area is 240 Å². The quantitative estimate of drug-likeness (QED) is 0.342. The van der Waals surface area contributed by atoms with E-state index in [1.54, 1.807) is 12.1 Å². The number of carbonyl (C=O) groups excluding carboxylic acids is 1. The van der Waals surface area contributed by atoms with Crippen LogP contribution in [0.1, 0.15) is 24.8 Å². The highest BCUT2D eigenvalue weighted by molar-refractivity contribution is 7.92. The molecule has 11 heteroatoms. The molecule has 1 amide bonds. The van der Waals surface area contributed by atoms with Crippen LogP contribution in [-0.4, -0.2) is 55.3 Å². The number of nitrogens with zero attached hydrogens (tertiary/aromatic N) is 2. The Morgan fingerprint density at radius 3 is 2.17 bits per heavy atom. The molecule has 1 fully saturated rings. The van der Waals surface area contributed by atoms with E-state index in [0.717, 1.165) is 28.6 Å². The first kappa shape index (κ1) is 29.4. The summed E-state index contributed by atoms with van der Waals surface area (Å²) in [5, 5.41) is 3.13. The van der Waals surface area contributed by atoms with E-state index in [9.17, 15) is 13.2 Å². The van der Waals surface area contributed by atoms with Gasteiger partial charge in [0.15, 0.2) is 11.5 Å². The second-order valence-corrected chi connectivity index (χ2v) is 11.6. The van der Waals surface area contributed by atoms with Crippen molar-refractivity contribution >= 4 is 38.9 Å². The van der Waals surface area contributed by atoms with Gasteiger partial charge in [-0.05, 0) is 67.3 Å². The maximum Gasteiger partial charge on any atom is 0.265 e. The number of piperidine rings is 1. The van der Waals surface area contributed by atoms with Gasteiger partial charge in [-0.25, -0.2) is 8.42 Å². The Morgan fingerprint density at radius 2 is 1.52 bits per heavy atom. The van der Waals surface area contributed by atoms with Crippen molar-refractivity contribution in [2.45, 2.75) is 30.7 Å². The predicted octanol–water partition coefficient (Wildman–Crippen LogP) is 4.87. The number of hydrogen-bond acceptors (Lipinski definition) is 7. The van der Waals surface area contributed by atoms with Crippen LogP contribution in [0.5, 0.6) is 17.2 Å². The summed E-state index contributed by atoms with van der Waals surface area (Å²) < 4.78 is 44.8. The van der Waals surface area contributed by atoms with Crippen LogP contribution < -0.4 is 28.7 Å². The fourth-order valence-corrected chi connectivity index (χ4v) is 6.23. The van der Waals surface area contributed by atoms with E-state index in [1.165, 1.54) is 64.9 Å². The lowest BCUT2D eigenvalue weighted by atomic mass is 10.1. The third kappa shape index (κ3) is 6.74. The average molecular weight is 588 g/mol. The highest BCUT2D eigenvalue weighted by Gasteiger charge is 2.30. The SMILES string of the molecule is COc1ccc(S(=O)(=O)N(CC(=O)NCc2ccc(N3CCCCC3)cc2)c2cc(Cl)ccc2OC)cc1OC. The summed E-state index contributed by atoms with van der Waals surface area (Å²) in [5.74, 6) is 0.358. The predicted molar refractivity (Wildman–Crippen MR) is 156 cm³/mol. The number of ether oxygens (including phenoxy) is 3. The van der Waals surface area contributed by atoms with Gasteiger partial charge < -0.3 is 24.4 Å². The minimum atomic E-state index is -4.26. The van der Waals surface area contributed by atoms with E-state index in [1.807, 2.05) is 12.1 Å². The third-order valence-electron chi connectivity index (χ3n) is 6.79.